The third kappa shape index (κ3) is 7.22. The molecule has 1 unspecified atom stereocenters. The summed E-state index contributed by atoms with van der Waals surface area (Å²) >= 11 is 1.55. The van der Waals surface area contributed by atoms with Crippen LogP contribution in [-0.2, 0) is 23.5 Å². The molecule has 144 valence electrons. The molecule has 0 saturated carbocycles. The molecule has 0 aliphatic heterocycles. The van der Waals surface area contributed by atoms with Gasteiger partial charge in [0.05, 0.1) is 19.7 Å². The van der Waals surface area contributed by atoms with Gasteiger partial charge in [-0.3, -0.25) is 0 Å². The fraction of sp³-hybridized carbons (Fsp3) is 0.421. The topological polar surface area (TPSA) is 65.9 Å². The predicted molar refractivity (Wildman–Crippen MR) is 119 cm³/mol. The summed E-state index contributed by atoms with van der Waals surface area (Å²) in [7, 11) is 1.69. The van der Waals surface area contributed by atoms with E-state index in [0.717, 1.165) is 22.5 Å². The van der Waals surface area contributed by atoms with Crippen LogP contribution in [-0.4, -0.2) is 31.3 Å². The molecule has 0 aliphatic rings. The van der Waals surface area contributed by atoms with Gasteiger partial charge >= 0.3 is 0 Å². The fourth-order valence-electron chi connectivity index (χ4n) is 2.42. The first-order chi connectivity index (χ1) is 12.0. The standard InChI is InChI=1S/C19H27N3O2S.HI/c1-4-20-18(22-14-19(2,23)17-9-6-10-25-17)21-12-15-7-5-8-16(11-15)13-24-3;/h5-11,23H,4,12-14H2,1-3H3,(H2,20,21,22);1H. The number of aliphatic hydroxyl groups is 1. The summed E-state index contributed by atoms with van der Waals surface area (Å²) in [6, 6.07) is 12.1. The molecule has 0 aliphatic carbocycles. The highest BCUT2D eigenvalue weighted by atomic mass is 127. The van der Waals surface area contributed by atoms with Crippen LogP contribution in [0.3, 0.4) is 0 Å². The fourth-order valence-corrected chi connectivity index (χ4v) is 3.21. The summed E-state index contributed by atoms with van der Waals surface area (Å²) in [5.74, 6) is 0.691. The van der Waals surface area contributed by atoms with E-state index in [-0.39, 0.29) is 24.0 Å². The van der Waals surface area contributed by atoms with Crippen LogP contribution in [0.5, 0.6) is 0 Å². The van der Waals surface area contributed by atoms with Crippen LogP contribution in [0.2, 0.25) is 0 Å². The molecule has 26 heavy (non-hydrogen) atoms. The van der Waals surface area contributed by atoms with Crippen LogP contribution in [0.15, 0.2) is 46.8 Å². The van der Waals surface area contributed by atoms with Crippen molar-refractivity contribution in [1.82, 2.24) is 10.6 Å². The average Bonchev–Trinajstić information content (AvgIpc) is 3.14. The second-order valence-corrected chi connectivity index (χ2v) is 7.00. The number of hydrogen-bond donors (Lipinski definition) is 3. The van der Waals surface area contributed by atoms with Gasteiger partial charge < -0.3 is 20.5 Å². The van der Waals surface area contributed by atoms with Gasteiger partial charge in [-0.2, -0.15) is 0 Å². The van der Waals surface area contributed by atoms with Crippen molar-refractivity contribution < 1.29 is 9.84 Å². The Morgan fingerprint density at radius 3 is 2.65 bits per heavy atom. The van der Waals surface area contributed by atoms with Crippen molar-refractivity contribution >= 4 is 41.3 Å². The van der Waals surface area contributed by atoms with E-state index in [1.54, 1.807) is 18.4 Å². The van der Waals surface area contributed by atoms with E-state index in [2.05, 4.69) is 21.7 Å². The Morgan fingerprint density at radius 1 is 1.23 bits per heavy atom. The Balaban J connectivity index is 0.00000338. The summed E-state index contributed by atoms with van der Waals surface area (Å²) in [5.41, 5.74) is 1.33. The number of aliphatic imine (C=N–C) groups is 1. The van der Waals surface area contributed by atoms with Crippen molar-refractivity contribution in [2.45, 2.75) is 32.6 Å². The molecule has 0 bridgehead atoms. The Bertz CT molecular complexity index is 675. The smallest absolute Gasteiger partial charge is 0.191 e. The van der Waals surface area contributed by atoms with Crippen LogP contribution in [0.1, 0.15) is 29.9 Å². The monoisotopic (exact) mass is 489 g/mol. The van der Waals surface area contributed by atoms with Gasteiger partial charge in [0.1, 0.15) is 5.60 Å². The van der Waals surface area contributed by atoms with Crippen molar-refractivity contribution in [2.24, 2.45) is 4.99 Å². The van der Waals surface area contributed by atoms with Gasteiger partial charge in [0.15, 0.2) is 5.96 Å². The molecule has 0 spiro atoms. The normalized spacial score (nSPS) is 13.6. The highest BCUT2D eigenvalue weighted by Gasteiger charge is 2.24. The number of hydrogen-bond acceptors (Lipinski definition) is 4. The van der Waals surface area contributed by atoms with E-state index in [0.29, 0.717) is 25.7 Å². The van der Waals surface area contributed by atoms with Crippen LogP contribution in [0, 0.1) is 0 Å². The Hall–Kier alpha value is -1.16. The lowest BCUT2D eigenvalue weighted by molar-refractivity contribution is 0.0655. The van der Waals surface area contributed by atoms with Crippen LogP contribution in [0.4, 0.5) is 0 Å². The number of guanidine groups is 1. The maximum absolute atomic E-state index is 10.6. The quantitative estimate of drug-likeness (QED) is 0.302. The zero-order valence-electron chi connectivity index (χ0n) is 15.5. The van der Waals surface area contributed by atoms with E-state index in [1.165, 1.54) is 0 Å². The molecule has 3 N–H and O–H groups in total. The summed E-state index contributed by atoms with van der Waals surface area (Å²) in [4.78, 5) is 5.55. The number of benzene rings is 1. The average molecular weight is 489 g/mol. The molecule has 1 aromatic heterocycles. The van der Waals surface area contributed by atoms with Gasteiger partial charge in [0.25, 0.3) is 0 Å². The first kappa shape index (κ1) is 22.9. The minimum atomic E-state index is -0.928. The summed E-state index contributed by atoms with van der Waals surface area (Å²) in [6.07, 6.45) is 0. The molecule has 1 atom stereocenters. The zero-order valence-corrected chi connectivity index (χ0v) is 18.6. The number of thiophene rings is 1. The lowest BCUT2D eigenvalue weighted by Gasteiger charge is -2.23. The minimum absolute atomic E-state index is 0. The molecule has 0 saturated heterocycles. The first-order valence-corrected chi connectivity index (χ1v) is 9.28. The van der Waals surface area contributed by atoms with E-state index < -0.39 is 5.60 Å². The van der Waals surface area contributed by atoms with Gasteiger partial charge in [0, 0.05) is 18.5 Å². The van der Waals surface area contributed by atoms with E-state index >= 15 is 0 Å². The Morgan fingerprint density at radius 2 is 2.00 bits per heavy atom. The molecule has 7 heteroatoms. The van der Waals surface area contributed by atoms with Crippen molar-refractivity contribution in [3.63, 3.8) is 0 Å². The van der Waals surface area contributed by atoms with Crippen molar-refractivity contribution in [3.8, 4) is 0 Å². The van der Waals surface area contributed by atoms with Gasteiger partial charge in [-0.15, -0.1) is 35.3 Å². The zero-order chi connectivity index (χ0) is 18.1. The lowest BCUT2D eigenvalue weighted by Crippen LogP contribution is -2.44. The van der Waals surface area contributed by atoms with E-state index in [4.69, 9.17) is 4.74 Å². The molecule has 2 rings (SSSR count). The number of nitrogens with zero attached hydrogens (tertiary/aromatic N) is 1. The number of nitrogens with one attached hydrogen (secondary N) is 2. The van der Waals surface area contributed by atoms with E-state index in [9.17, 15) is 5.11 Å². The number of rotatable bonds is 8. The lowest BCUT2D eigenvalue weighted by atomic mass is 10.1. The SMILES string of the molecule is CCNC(=NCc1cccc(COC)c1)NCC(C)(O)c1cccs1.I. The summed E-state index contributed by atoms with van der Waals surface area (Å²) in [6.45, 7) is 6.14. The molecule has 2 aromatic rings. The number of methoxy groups -OCH3 is 1. The van der Waals surface area contributed by atoms with Crippen LogP contribution >= 0.6 is 35.3 Å². The van der Waals surface area contributed by atoms with E-state index in [1.807, 2.05) is 49.6 Å². The highest BCUT2D eigenvalue weighted by molar-refractivity contribution is 14.0. The van der Waals surface area contributed by atoms with Gasteiger partial charge in [0.2, 0.25) is 0 Å². The second-order valence-electron chi connectivity index (χ2n) is 6.05. The second kappa shape index (κ2) is 11.5. The van der Waals surface area contributed by atoms with Crippen molar-refractivity contribution in [2.75, 3.05) is 20.2 Å². The van der Waals surface area contributed by atoms with Crippen LogP contribution in [0.25, 0.3) is 0 Å². The van der Waals surface area contributed by atoms with Gasteiger partial charge in [-0.25, -0.2) is 4.99 Å². The Kier molecular flexibility index (Phi) is 10.1. The molecule has 0 fully saturated rings. The first-order valence-electron chi connectivity index (χ1n) is 8.40. The molecule has 1 heterocycles. The summed E-state index contributed by atoms with van der Waals surface area (Å²) < 4.78 is 5.17. The molecular formula is C19H28IN3O2S. The Labute approximate surface area is 176 Å². The highest BCUT2D eigenvalue weighted by Crippen LogP contribution is 2.24. The number of ether oxygens (including phenoxy) is 1. The largest absolute Gasteiger partial charge is 0.383 e. The van der Waals surface area contributed by atoms with Crippen molar-refractivity contribution in [1.29, 1.82) is 0 Å². The maximum atomic E-state index is 10.6. The molecule has 1 aromatic carbocycles. The molecule has 0 radical (unpaired) electrons. The van der Waals surface area contributed by atoms with Gasteiger partial charge in [-0.05, 0) is 36.4 Å². The van der Waals surface area contributed by atoms with Gasteiger partial charge in [-0.1, -0.05) is 30.3 Å². The number of halogens is 1. The summed E-state index contributed by atoms with van der Waals surface area (Å²) in [5, 5.41) is 19.0. The maximum Gasteiger partial charge on any atom is 0.191 e. The molecule has 5 nitrogen and oxygen atoms in total. The van der Waals surface area contributed by atoms with Crippen LogP contribution < -0.4 is 10.6 Å². The molecule has 0 amide bonds. The third-order valence-electron chi connectivity index (χ3n) is 3.72. The minimum Gasteiger partial charge on any atom is -0.383 e. The predicted octanol–water partition coefficient (Wildman–Crippen LogP) is 3.48. The van der Waals surface area contributed by atoms with Crippen molar-refractivity contribution in [3.05, 3.63) is 57.8 Å². The molecular weight excluding hydrogens is 461 g/mol. The third-order valence-corrected chi connectivity index (χ3v) is 4.84.